The standard InChI is InChI=1S/C32H44N8/c1-6-25-17-24(3)36-29(18-25)27-20-35-38(5)30(27)10-8-7-9-23(2)21-40-31-19-26(22-39-15-13-34-14-16-39)11-12-28(31)37-32(40)33-4/h6,11-12,17-20,23,34H,1,7-10,13-16,21-22H2,2-5H3,(H,33,37)/t23-/m1/s1. The monoisotopic (exact) mass is 540 g/mol. The summed E-state index contributed by atoms with van der Waals surface area (Å²) in [6.45, 7) is 14.6. The number of rotatable bonds is 12. The average molecular weight is 541 g/mol. The highest BCUT2D eigenvalue weighted by Crippen LogP contribution is 2.27. The molecule has 3 aromatic heterocycles. The van der Waals surface area contributed by atoms with E-state index in [1.165, 1.54) is 29.6 Å². The van der Waals surface area contributed by atoms with Crippen molar-refractivity contribution in [3.8, 4) is 11.3 Å². The van der Waals surface area contributed by atoms with Gasteiger partial charge >= 0.3 is 0 Å². The van der Waals surface area contributed by atoms with Gasteiger partial charge in [0.25, 0.3) is 0 Å². The number of hydrogen-bond acceptors (Lipinski definition) is 6. The maximum Gasteiger partial charge on any atom is 0.203 e. The molecule has 1 atom stereocenters. The van der Waals surface area contributed by atoms with Crippen molar-refractivity contribution in [3.05, 3.63) is 65.6 Å². The summed E-state index contributed by atoms with van der Waals surface area (Å²) in [5.74, 6) is 1.49. The lowest BCUT2D eigenvalue weighted by molar-refractivity contribution is 0.233. The van der Waals surface area contributed by atoms with Crippen molar-refractivity contribution in [3.63, 3.8) is 0 Å². The van der Waals surface area contributed by atoms with E-state index in [1.807, 2.05) is 38.0 Å². The molecular weight excluding hydrogens is 496 g/mol. The number of fused-ring (bicyclic) bond motifs is 1. The van der Waals surface area contributed by atoms with Gasteiger partial charge in [-0.1, -0.05) is 32.1 Å². The molecule has 0 amide bonds. The Morgan fingerprint density at radius 3 is 2.73 bits per heavy atom. The minimum absolute atomic E-state index is 0.543. The Labute approximate surface area is 238 Å². The van der Waals surface area contributed by atoms with E-state index in [0.717, 1.165) is 86.1 Å². The van der Waals surface area contributed by atoms with Crippen LogP contribution in [0.5, 0.6) is 0 Å². The highest BCUT2D eigenvalue weighted by molar-refractivity contribution is 5.79. The molecule has 0 aliphatic carbocycles. The zero-order valence-electron chi connectivity index (χ0n) is 24.6. The first-order valence-electron chi connectivity index (χ1n) is 14.7. The highest BCUT2D eigenvalue weighted by atomic mass is 15.3. The second-order valence-electron chi connectivity index (χ2n) is 11.3. The molecule has 1 fully saturated rings. The molecule has 8 heteroatoms. The van der Waals surface area contributed by atoms with Crippen LogP contribution in [0.3, 0.4) is 0 Å². The summed E-state index contributed by atoms with van der Waals surface area (Å²) >= 11 is 0. The Bertz CT molecular complexity index is 1440. The average Bonchev–Trinajstić information content (AvgIpc) is 3.50. The minimum Gasteiger partial charge on any atom is -0.359 e. The maximum absolute atomic E-state index is 4.88. The van der Waals surface area contributed by atoms with Gasteiger partial charge in [0.1, 0.15) is 0 Å². The molecule has 5 rings (SSSR count). The van der Waals surface area contributed by atoms with Crippen LogP contribution in [-0.4, -0.2) is 62.4 Å². The number of hydrogen-bond donors (Lipinski definition) is 2. The SMILES string of the molecule is C=Cc1cc(C)nc(-c2cnn(C)c2CCCC[C@@H](C)Cn2c(NC)nc3ccc(CN4CCNCC4)cc32)c1. The molecule has 0 bridgehead atoms. The van der Waals surface area contributed by atoms with Crippen molar-refractivity contribution >= 4 is 23.1 Å². The Hall–Kier alpha value is -3.49. The molecule has 1 saturated heterocycles. The van der Waals surface area contributed by atoms with Crippen LogP contribution in [0.4, 0.5) is 5.95 Å². The van der Waals surface area contributed by atoms with Gasteiger partial charge in [-0.25, -0.2) is 4.98 Å². The fourth-order valence-electron chi connectivity index (χ4n) is 5.88. The second kappa shape index (κ2) is 12.8. The van der Waals surface area contributed by atoms with Gasteiger partial charge in [0, 0.05) is 70.3 Å². The lowest BCUT2D eigenvalue weighted by Crippen LogP contribution is -2.42. The van der Waals surface area contributed by atoms with Gasteiger partial charge in [0.2, 0.25) is 5.95 Å². The van der Waals surface area contributed by atoms with Gasteiger partial charge in [-0.3, -0.25) is 14.6 Å². The van der Waals surface area contributed by atoms with Crippen molar-refractivity contribution in [1.29, 1.82) is 0 Å². The Morgan fingerprint density at radius 2 is 1.95 bits per heavy atom. The van der Waals surface area contributed by atoms with Crippen LogP contribution in [0.15, 0.2) is 43.1 Å². The topological polar surface area (TPSA) is 75.8 Å². The summed E-state index contributed by atoms with van der Waals surface area (Å²) in [6, 6.07) is 10.9. The van der Waals surface area contributed by atoms with Crippen molar-refractivity contribution in [1.82, 2.24) is 34.5 Å². The molecular formula is C32H44N8. The zero-order chi connectivity index (χ0) is 28.1. The summed E-state index contributed by atoms with van der Waals surface area (Å²) < 4.78 is 4.38. The smallest absolute Gasteiger partial charge is 0.203 e. The summed E-state index contributed by atoms with van der Waals surface area (Å²) in [5, 5.41) is 11.3. The van der Waals surface area contributed by atoms with E-state index >= 15 is 0 Å². The molecule has 1 aliphatic heterocycles. The van der Waals surface area contributed by atoms with Crippen LogP contribution in [0.1, 0.15) is 48.7 Å². The molecule has 212 valence electrons. The van der Waals surface area contributed by atoms with Crippen LogP contribution in [0, 0.1) is 12.8 Å². The molecule has 8 nitrogen and oxygen atoms in total. The highest BCUT2D eigenvalue weighted by Gasteiger charge is 2.16. The zero-order valence-corrected chi connectivity index (χ0v) is 24.6. The number of nitrogens with zero attached hydrogens (tertiary/aromatic N) is 6. The Morgan fingerprint density at radius 1 is 1.12 bits per heavy atom. The molecule has 0 spiro atoms. The first-order chi connectivity index (χ1) is 19.4. The molecule has 0 unspecified atom stereocenters. The Kier molecular flexibility index (Phi) is 8.97. The predicted octanol–water partition coefficient (Wildman–Crippen LogP) is 5.28. The van der Waals surface area contributed by atoms with E-state index in [9.17, 15) is 0 Å². The van der Waals surface area contributed by atoms with Crippen molar-refractivity contribution in [2.45, 2.75) is 52.6 Å². The predicted molar refractivity (Wildman–Crippen MR) is 165 cm³/mol. The van der Waals surface area contributed by atoms with E-state index in [2.05, 4.69) is 69.0 Å². The summed E-state index contributed by atoms with van der Waals surface area (Å²) in [5.41, 5.74) is 9.10. The third-order valence-corrected chi connectivity index (χ3v) is 8.06. The maximum atomic E-state index is 4.88. The fourth-order valence-corrected chi connectivity index (χ4v) is 5.88. The van der Waals surface area contributed by atoms with Crippen LogP contribution in [0.2, 0.25) is 0 Å². The summed E-state index contributed by atoms with van der Waals surface area (Å²) in [7, 11) is 4.00. The van der Waals surface area contributed by atoms with Crippen LogP contribution in [0.25, 0.3) is 28.4 Å². The van der Waals surface area contributed by atoms with Crippen LogP contribution >= 0.6 is 0 Å². The molecule has 1 aromatic carbocycles. The van der Waals surface area contributed by atoms with Gasteiger partial charge in [-0.15, -0.1) is 0 Å². The van der Waals surface area contributed by atoms with Gasteiger partial charge in [0.15, 0.2) is 0 Å². The molecule has 40 heavy (non-hydrogen) atoms. The van der Waals surface area contributed by atoms with Crippen molar-refractivity contribution in [2.24, 2.45) is 13.0 Å². The number of aromatic nitrogens is 5. The normalized spacial score (nSPS) is 15.0. The first-order valence-corrected chi connectivity index (χ1v) is 14.7. The van der Waals surface area contributed by atoms with E-state index in [1.54, 1.807) is 0 Å². The Balaban J connectivity index is 1.21. The molecule has 4 heterocycles. The number of pyridine rings is 1. The van der Waals surface area contributed by atoms with E-state index in [4.69, 9.17) is 9.97 Å². The number of piperazine rings is 1. The van der Waals surface area contributed by atoms with Crippen molar-refractivity contribution < 1.29 is 0 Å². The third kappa shape index (κ3) is 6.45. The number of nitrogens with one attached hydrogen (secondary N) is 2. The molecule has 1 aliphatic rings. The molecule has 2 N–H and O–H groups in total. The van der Waals surface area contributed by atoms with Crippen LogP contribution < -0.4 is 10.6 Å². The lowest BCUT2D eigenvalue weighted by Gasteiger charge is -2.27. The molecule has 0 radical (unpaired) electrons. The van der Waals surface area contributed by atoms with Gasteiger partial charge in [-0.2, -0.15) is 5.10 Å². The van der Waals surface area contributed by atoms with Gasteiger partial charge in [0.05, 0.1) is 22.9 Å². The first kappa shape index (κ1) is 28.1. The number of imidazole rings is 1. The summed E-state index contributed by atoms with van der Waals surface area (Å²) in [6.07, 6.45) is 8.27. The van der Waals surface area contributed by atoms with Gasteiger partial charge < -0.3 is 15.2 Å². The van der Waals surface area contributed by atoms with E-state index in [-0.39, 0.29) is 0 Å². The second-order valence-corrected chi connectivity index (χ2v) is 11.3. The number of aryl methyl sites for hydroxylation is 2. The number of benzene rings is 1. The van der Waals surface area contributed by atoms with Gasteiger partial charge in [-0.05, 0) is 67.5 Å². The largest absolute Gasteiger partial charge is 0.359 e. The fraction of sp³-hybridized carbons (Fsp3) is 0.469. The molecule has 4 aromatic rings. The number of unbranched alkanes of at least 4 members (excludes halogenated alkanes) is 1. The van der Waals surface area contributed by atoms with E-state index < -0.39 is 0 Å². The molecule has 0 saturated carbocycles. The quantitative estimate of drug-likeness (QED) is 0.238. The third-order valence-electron chi connectivity index (χ3n) is 8.06. The van der Waals surface area contributed by atoms with E-state index in [0.29, 0.717) is 5.92 Å². The minimum atomic E-state index is 0.543. The summed E-state index contributed by atoms with van der Waals surface area (Å²) in [4.78, 5) is 12.2. The number of anilines is 1. The van der Waals surface area contributed by atoms with Crippen LogP contribution in [-0.2, 0) is 26.6 Å². The van der Waals surface area contributed by atoms with Crippen molar-refractivity contribution in [2.75, 3.05) is 38.5 Å². The lowest BCUT2D eigenvalue weighted by atomic mass is 10.0.